The van der Waals surface area contributed by atoms with E-state index in [4.69, 9.17) is 14.5 Å². The molecule has 5 aliphatic rings. The van der Waals surface area contributed by atoms with Crippen LogP contribution in [0.25, 0.3) is 0 Å². The van der Waals surface area contributed by atoms with Crippen molar-refractivity contribution in [2.45, 2.75) is 95.2 Å². The molecule has 2 saturated carbocycles. The summed E-state index contributed by atoms with van der Waals surface area (Å²) in [5.41, 5.74) is 0. The third-order valence-corrected chi connectivity index (χ3v) is 6.16. The summed E-state index contributed by atoms with van der Waals surface area (Å²) in [4.78, 5) is 14.4. The number of nitrogens with zero attached hydrogens (tertiary/aromatic N) is 1. The molecule has 0 N–H and O–H groups in total. The first kappa shape index (κ1) is 15.4. The molecule has 2 bridgehead atoms. The van der Waals surface area contributed by atoms with Crippen LogP contribution in [0.4, 0.5) is 0 Å². The van der Waals surface area contributed by atoms with Crippen LogP contribution in [-0.4, -0.2) is 36.1 Å². The van der Waals surface area contributed by atoms with Crippen LogP contribution in [0.2, 0.25) is 0 Å². The van der Waals surface area contributed by atoms with Crippen LogP contribution in [0.15, 0.2) is 0 Å². The average molecular weight is 309 g/mol. The lowest BCUT2D eigenvalue weighted by Crippen LogP contribution is -2.62. The van der Waals surface area contributed by atoms with Crippen LogP contribution < -0.4 is 0 Å². The van der Waals surface area contributed by atoms with Crippen molar-refractivity contribution in [3.8, 4) is 0 Å². The largest absolute Gasteiger partial charge is 0.332 e. The Morgan fingerprint density at radius 2 is 1.36 bits per heavy atom. The molecule has 3 aliphatic heterocycles. The molecule has 4 nitrogen and oxygen atoms in total. The first-order valence-electron chi connectivity index (χ1n) is 9.61. The summed E-state index contributed by atoms with van der Waals surface area (Å²) in [6.45, 7) is 2.21. The molecule has 4 heteroatoms. The highest BCUT2D eigenvalue weighted by Gasteiger charge is 2.51. The van der Waals surface area contributed by atoms with Crippen LogP contribution in [-0.2, 0) is 14.5 Å². The van der Waals surface area contributed by atoms with Gasteiger partial charge >= 0.3 is 0 Å². The van der Waals surface area contributed by atoms with Crippen LogP contribution >= 0.6 is 0 Å². The topological polar surface area (TPSA) is 30.9 Å². The fraction of sp³-hybridized carbons (Fsp3) is 1.00. The summed E-state index contributed by atoms with van der Waals surface area (Å²) in [6, 6.07) is 0. The van der Waals surface area contributed by atoms with E-state index in [0.717, 1.165) is 38.3 Å². The van der Waals surface area contributed by atoms with E-state index < -0.39 is 5.91 Å². The molecule has 1 unspecified atom stereocenters. The molecule has 0 aromatic carbocycles. The van der Waals surface area contributed by atoms with Gasteiger partial charge in [-0.25, -0.2) is 4.89 Å². The monoisotopic (exact) mass is 309 g/mol. The van der Waals surface area contributed by atoms with Crippen molar-refractivity contribution < 1.29 is 14.5 Å². The van der Waals surface area contributed by atoms with Crippen LogP contribution in [0, 0.1) is 5.92 Å². The Balaban J connectivity index is 1.42. The molecular formula is C18H31NO3. The highest BCUT2D eigenvalue weighted by atomic mass is 17.2. The molecule has 0 amide bonds. The fourth-order valence-electron chi connectivity index (χ4n) is 4.77. The van der Waals surface area contributed by atoms with Crippen molar-refractivity contribution in [1.82, 2.24) is 4.90 Å². The van der Waals surface area contributed by atoms with Gasteiger partial charge in [-0.3, -0.25) is 4.90 Å². The lowest BCUT2D eigenvalue weighted by atomic mass is 9.85. The van der Waals surface area contributed by atoms with Crippen molar-refractivity contribution in [2.24, 2.45) is 5.92 Å². The van der Waals surface area contributed by atoms with Gasteiger partial charge in [-0.1, -0.05) is 32.1 Å². The fourth-order valence-corrected chi connectivity index (χ4v) is 4.77. The van der Waals surface area contributed by atoms with Crippen LogP contribution in [0.5, 0.6) is 0 Å². The highest BCUT2D eigenvalue weighted by Crippen LogP contribution is 2.43. The molecule has 22 heavy (non-hydrogen) atoms. The van der Waals surface area contributed by atoms with Gasteiger partial charge in [0.2, 0.25) is 0 Å². The third-order valence-electron chi connectivity index (χ3n) is 6.16. The SMILES string of the molecule is C1CCC(OOC2(OC3CCCC3)CC3CCN2CC3)CC1. The number of fused-ring (bicyclic) bond motifs is 3. The zero-order chi connectivity index (χ0) is 14.8. The summed E-state index contributed by atoms with van der Waals surface area (Å²) in [5.74, 6) is 0.175. The van der Waals surface area contributed by atoms with Crippen molar-refractivity contribution in [3.63, 3.8) is 0 Å². The molecule has 3 saturated heterocycles. The smallest absolute Gasteiger partial charge is 0.261 e. The number of piperidine rings is 3. The molecule has 0 aromatic rings. The Hall–Kier alpha value is -0.160. The minimum Gasteiger partial charge on any atom is -0.332 e. The number of rotatable bonds is 5. The molecule has 0 radical (unpaired) electrons. The quantitative estimate of drug-likeness (QED) is 0.436. The zero-order valence-corrected chi connectivity index (χ0v) is 13.8. The minimum absolute atomic E-state index is 0.277. The predicted octanol–water partition coefficient (Wildman–Crippen LogP) is 4.00. The van der Waals surface area contributed by atoms with Gasteiger partial charge in [0.25, 0.3) is 5.91 Å². The molecule has 0 aromatic heterocycles. The van der Waals surface area contributed by atoms with E-state index >= 15 is 0 Å². The summed E-state index contributed by atoms with van der Waals surface area (Å²) in [7, 11) is 0. The Labute approximate surface area is 134 Å². The van der Waals surface area contributed by atoms with Crippen molar-refractivity contribution in [2.75, 3.05) is 13.1 Å². The lowest BCUT2D eigenvalue weighted by Gasteiger charge is -2.52. The first-order chi connectivity index (χ1) is 10.8. The van der Waals surface area contributed by atoms with E-state index in [1.165, 1.54) is 57.8 Å². The van der Waals surface area contributed by atoms with Crippen molar-refractivity contribution in [3.05, 3.63) is 0 Å². The maximum atomic E-state index is 6.54. The van der Waals surface area contributed by atoms with E-state index in [1.54, 1.807) is 0 Å². The maximum absolute atomic E-state index is 6.54. The molecular weight excluding hydrogens is 278 g/mol. The normalized spacial score (nSPS) is 40.4. The zero-order valence-electron chi connectivity index (χ0n) is 13.8. The molecule has 3 heterocycles. The molecule has 1 atom stereocenters. The van der Waals surface area contributed by atoms with E-state index in [0.29, 0.717) is 6.10 Å². The van der Waals surface area contributed by atoms with E-state index in [1.807, 2.05) is 0 Å². The summed E-state index contributed by atoms with van der Waals surface area (Å²) in [5, 5.41) is 0. The summed E-state index contributed by atoms with van der Waals surface area (Å²) in [6.07, 6.45) is 15.4. The number of hydrogen-bond donors (Lipinski definition) is 0. The molecule has 0 spiro atoms. The molecule has 2 aliphatic carbocycles. The van der Waals surface area contributed by atoms with Gasteiger partial charge in [0.15, 0.2) is 0 Å². The minimum atomic E-state index is -0.576. The van der Waals surface area contributed by atoms with Gasteiger partial charge in [-0.05, 0) is 44.4 Å². The molecule has 5 rings (SSSR count). The highest BCUT2D eigenvalue weighted by molar-refractivity contribution is 4.89. The maximum Gasteiger partial charge on any atom is 0.261 e. The Kier molecular flexibility index (Phi) is 4.72. The van der Waals surface area contributed by atoms with E-state index in [-0.39, 0.29) is 6.10 Å². The van der Waals surface area contributed by atoms with Gasteiger partial charge < -0.3 is 4.74 Å². The second-order valence-corrected chi connectivity index (χ2v) is 7.81. The molecule has 126 valence electrons. The average Bonchev–Trinajstić information content (AvgIpc) is 3.08. The number of ether oxygens (including phenoxy) is 1. The van der Waals surface area contributed by atoms with Crippen LogP contribution in [0.3, 0.4) is 0 Å². The van der Waals surface area contributed by atoms with Gasteiger partial charge in [0.1, 0.15) is 0 Å². The van der Waals surface area contributed by atoms with Gasteiger partial charge in [0.05, 0.1) is 12.2 Å². The van der Waals surface area contributed by atoms with Crippen molar-refractivity contribution in [1.29, 1.82) is 0 Å². The third kappa shape index (κ3) is 3.21. The van der Waals surface area contributed by atoms with E-state index in [2.05, 4.69) is 4.90 Å². The Bertz CT molecular complexity index is 357. The van der Waals surface area contributed by atoms with E-state index in [9.17, 15) is 0 Å². The Morgan fingerprint density at radius 3 is 2.00 bits per heavy atom. The van der Waals surface area contributed by atoms with Crippen LogP contribution in [0.1, 0.15) is 77.0 Å². The molecule has 5 fully saturated rings. The summed E-state index contributed by atoms with van der Waals surface area (Å²) < 4.78 is 6.54. The van der Waals surface area contributed by atoms with Gasteiger partial charge in [-0.2, -0.15) is 4.89 Å². The first-order valence-corrected chi connectivity index (χ1v) is 9.61. The number of hydrogen-bond acceptors (Lipinski definition) is 4. The lowest BCUT2D eigenvalue weighted by molar-refractivity contribution is -0.504. The second kappa shape index (κ2) is 6.76. The van der Waals surface area contributed by atoms with Crippen molar-refractivity contribution >= 4 is 0 Å². The Morgan fingerprint density at radius 1 is 0.727 bits per heavy atom. The van der Waals surface area contributed by atoms with Gasteiger partial charge in [0, 0.05) is 19.5 Å². The standard InChI is InChI=1S/C18H31NO3/c1-2-8-17(9-3-1)21-22-18(20-16-6-4-5-7-16)14-15-10-12-19(18)13-11-15/h15-17H,1-14H2. The van der Waals surface area contributed by atoms with Gasteiger partial charge in [-0.15, -0.1) is 0 Å². The summed E-state index contributed by atoms with van der Waals surface area (Å²) >= 11 is 0. The predicted molar refractivity (Wildman–Crippen MR) is 84.0 cm³/mol. The second-order valence-electron chi connectivity index (χ2n) is 7.81.